The Kier molecular flexibility index (Phi) is 6.57. The monoisotopic (exact) mass is 349 g/mol. The number of hydrogen-bond donors (Lipinski definition) is 2. The predicted octanol–water partition coefficient (Wildman–Crippen LogP) is 1.28. The van der Waals surface area contributed by atoms with Gasteiger partial charge in [-0.05, 0) is 51.6 Å². The van der Waals surface area contributed by atoms with Gasteiger partial charge in [0.05, 0.1) is 0 Å². The number of likely N-dealkylation sites (tertiary alicyclic amines) is 2. The van der Waals surface area contributed by atoms with Gasteiger partial charge in [-0.3, -0.25) is 9.79 Å². The minimum Gasteiger partial charge on any atom is -0.356 e. The molecule has 0 aromatic heterocycles. The summed E-state index contributed by atoms with van der Waals surface area (Å²) in [7, 11) is 4.03. The van der Waals surface area contributed by atoms with Crippen LogP contribution in [-0.2, 0) is 4.79 Å². The second-order valence-electron chi connectivity index (χ2n) is 8.12. The fourth-order valence-corrected chi connectivity index (χ4v) is 4.58. The van der Waals surface area contributed by atoms with E-state index in [9.17, 15) is 4.79 Å². The zero-order valence-electron chi connectivity index (χ0n) is 16.0. The molecule has 3 rings (SSSR count). The number of aliphatic imine (C=N–C) groups is 1. The van der Waals surface area contributed by atoms with Crippen molar-refractivity contribution in [2.45, 2.75) is 51.0 Å². The number of nitrogens with zero attached hydrogens (tertiary/aromatic N) is 3. The van der Waals surface area contributed by atoms with Gasteiger partial charge in [-0.15, -0.1) is 0 Å². The fraction of sp³-hybridized carbons (Fsp3) is 0.895. The summed E-state index contributed by atoms with van der Waals surface area (Å²) >= 11 is 0. The van der Waals surface area contributed by atoms with E-state index in [-0.39, 0.29) is 0 Å². The first-order valence-electron chi connectivity index (χ1n) is 10.1. The van der Waals surface area contributed by atoms with Crippen LogP contribution in [0.3, 0.4) is 0 Å². The van der Waals surface area contributed by atoms with Crippen molar-refractivity contribution in [2.75, 3.05) is 46.8 Å². The van der Waals surface area contributed by atoms with Crippen LogP contribution < -0.4 is 10.6 Å². The number of nitrogens with one attached hydrogen (secondary N) is 2. The van der Waals surface area contributed by atoms with E-state index < -0.39 is 0 Å². The maximum atomic E-state index is 12.6. The molecule has 2 atom stereocenters. The lowest BCUT2D eigenvalue weighted by Crippen LogP contribution is -2.48. The highest BCUT2D eigenvalue weighted by Gasteiger charge is 2.32. The summed E-state index contributed by atoms with van der Waals surface area (Å²) in [4.78, 5) is 21.4. The highest BCUT2D eigenvalue weighted by atomic mass is 16.2. The van der Waals surface area contributed by atoms with Crippen LogP contribution in [0, 0.1) is 11.8 Å². The van der Waals surface area contributed by atoms with E-state index in [4.69, 9.17) is 0 Å². The molecule has 6 heteroatoms. The molecule has 25 heavy (non-hydrogen) atoms. The maximum Gasteiger partial charge on any atom is 0.225 e. The van der Waals surface area contributed by atoms with Crippen LogP contribution in [0.2, 0.25) is 0 Å². The third-order valence-corrected chi connectivity index (χ3v) is 6.05. The van der Waals surface area contributed by atoms with Gasteiger partial charge < -0.3 is 20.4 Å². The van der Waals surface area contributed by atoms with Crippen LogP contribution in [0.1, 0.15) is 44.9 Å². The van der Waals surface area contributed by atoms with Gasteiger partial charge in [-0.2, -0.15) is 0 Å². The normalized spacial score (nSPS) is 29.2. The number of piperidine rings is 1. The first kappa shape index (κ1) is 18.5. The van der Waals surface area contributed by atoms with E-state index in [0.29, 0.717) is 23.8 Å². The van der Waals surface area contributed by atoms with Crippen molar-refractivity contribution in [1.82, 2.24) is 20.4 Å². The molecule has 0 spiro atoms. The lowest BCUT2D eigenvalue weighted by atomic mass is 9.99. The Labute approximate surface area is 152 Å². The molecule has 1 aliphatic carbocycles. The molecule has 2 saturated heterocycles. The van der Waals surface area contributed by atoms with Gasteiger partial charge in [0, 0.05) is 45.2 Å². The molecule has 0 aromatic rings. The summed E-state index contributed by atoms with van der Waals surface area (Å²) in [5.41, 5.74) is 0. The predicted molar refractivity (Wildman–Crippen MR) is 102 cm³/mol. The molecule has 2 unspecified atom stereocenters. The molecule has 0 bridgehead atoms. The summed E-state index contributed by atoms with van der Waals surface area (Å²) in [5.74, 6) is 2.25. The van der Waals surface area contributed by atoms with Crippen LogP contribution >= 0.6 is 0 Å². The minimum absolute atomic E-state index is 0.291. The fourth-order valence-electron chi connectivity index (χ4n) is 4.58. The lowest BCUT2D eigenvalue weighted by molar-refractivity contribution is -0.134. The number of rotatable bonds is 4. The molecule has 0 aromatic carbocycles. The number of amides is 1. The molecular weight excluding hydrogens is 314 g/mol. The quantitative estimate of drug-likeness (QED) is 0.593. The van der Waals surface area contributed by atoms with E-state index in [1.807, 2.05) is 7.05 Å². The first-order chi connectivity index (χ1) is 12.2. The van der Waals surface area contributed by atoms with Gasteiger partial charge in [0.1, 0.15) is 0 Å². The zero-order chi connectivity index (χ0) is 17.6. The van der Waals surface area contributed by atoms with Crippen LogP contribution in [0.15, 0.2) is 4.99 Å². The molecule has 6 nitrogen and oxygen atoms in total. The Hall–Kier alpha value is -1.30. The molecule has 1 amide bonds. The zero-order valence-corrected chi connectivity index (χ0v) is 16.0. The van der Waals surface area contributed by atoms with E-state index >= 15 is 0 Å². The molecular formula is C19H35N5O. The summed E-state index contributed by atoms with van der Waals surface area (Å²) in [6.45, 7) is 5.06. The van der Waals surface area contributed by atoms with Crippen LogP contribution in [0.5, 0.6) is 0 Å². The molecule has 2 aliphatic heterocycles. The van der Waals surface area contributed by atoms with Crippen LogP contribution in [0.4, 0.5) is 0 Å². The van der Waals surface area contributed by atoms with Gasteiger partial charge in [0.15, 0.2) is 5.96 Å². The highest BCUT2D eigenvalue weighted by molar-refractivity contribution is 5.81. The van der Waals surface area contributed by atoms with Crippen LogP contribution in [0.25, 0.3) is 0 Å². The Morgan fingerprint density at radius 1 is 1.08 bits per heavy atom. The third kappa shape index (κ3) is 5.09. The number of carbonyl (C=O) groups excluding carboxylic acids is 1. The maximum absolute atomic E-state index is 12.6. The third-order valence-electron chi connectivity index (χ3n) is 6.05. The van der Waals surface area contributed by atoms with Gasteiger partial charge in [-0.25, -0.2) is 0 Å². The number of guanidine groups is 1. The topological polar surface area (TPSA) is 60.0 Å². The largest absolute Gasteiger partial charge is 0.356 e. The van der Waals surface area contributed by atoms with Gasteiger partial charge in [0.25, 0.3) is 0 Å². The van der Waals surface area contributed by atoms with Crippen molar-refractivity contribution in [3.63, 3.8) is 0 Å². The Bertz CT molecular complexity index is 474. The summed E-state index contributed by atoms with van der Waals surface area (Å²) in [6.07, 6.45) is 8.22. The number of hydrogen-bond acceptors (Lipinski definition) is 3. The van der Waals surface area contributed by atoms with E-state index in [1.165, 1.54) is 32.2 Å². The standard InChI is InChI=1S/C19H35N5O/c1-20-19(21-12-15-6-5-10-23(2)13-15)22-17-9-11-24(14-17)18(25)16-7-3-4-8-16/h15-17H,3-14H2,1-2H3,(H2,20,21,22). The average Bonchev–Trinajstić information content (AvgIpc) is 3.30. The molecule has 1 saturated carbocycles. The summed E-state index contributed by atoms with van der Waals surface area (Å²) < 4.78 is 0. The summed E-state index contributed by atoms with van der Waals surface area (Å²) in [5, 5.41) is 7.02. The lowest BCUT2D eigenvalue weighted by Gasteiger charge is -2.30. The molecule has 3 aliphatic rings. The Morgan fingerprint density at radius 2 is 1.88 bits per heavy atom. The van der Waals surface area contributed by atoms with Gasteiger partial charge in [0.2, 0.25) is 5.91 Å². The highest BCUT2D eigenvalue weighted by Crippen LogP contribution is 2.27. The molecule has 3 fully saturated rings. The molecule has 2 N–H and O–H groups in total. The Morgan fingerprint density at radius 3 is 2.60 bits per heavy atom. The molecule has 0 radical (unpaired) electrons. The molecule has 2 heterocycles. The Balaban J connectivity index is 1.41. The first-order valence-corrected chi connectivity index (χ1v) is 10.1. The SMILES string of the molecule is CN=C(NCC1CCCN(C)C1)NC1CCN(C(=O)C2CCCC2)C1. The van der Waals surface area contributed by atoms with Crippen LogP contribution in [-0.4, -0.2) is 74.5 Å². The summed E-state index contributed by atoms with van der Waals surface area (Å²) in [6, 6.07) is 0.325. The molecule has 142 valence electrons. The van der Waals surface area contributed by atoms with Crippen molar-refractivity contribution < 1.29 is 4.79 Å². The van der Waals surface area contributed by atoms with E-state index in [2.05, 4.69) is 32.5 Å². The van der Waals surface area contributed by atoms with Gasteiger partial charge in [-0.1, -0.05) is 12.8 Å². The average molecular weight is 350 g/mol. The minimum atomic E-state index is 0.291. The van der Waals surface area contributed by atoms with Crippen molar-refractivity contribution in [3.05, 3.63) is 0 Å². The van der Waals surface area contributed by atoms with Crippen molar-refractivity contribution in [2.24, 2.45) is 16.8 Å². The second kappa shape index (κ2) is 8.88. The van der Waals surface area contributed by atoms with E-state index in [0.717, 1.165) is 51.4 Å². The second-order valence-corrected chi connectivity index (χ2v) is 8.12. The van der Waals surface area contributed by atoms with E-state index in [1.54, 1.807) is 0 Å². The van der Waals surface area contributed by atoms with Crippen molar-refractivity contribution >= 4 is 11.9 Å². The van der Waals surface area contributed by atoms with Crippen molar-refractivity contribution in [1.29, 1.82) is 0 Å². The smallest absolute Gasteiger partial charge is 0.225 e. The van der Waals surface area contributed by atoms with Crippen molar-refractivity contribution in [3.8, 4) is 0 Å². The van der Waals surface area contributed by atoms with Gasteiger partial charge >= 0.3 is 0 Å². The number of carbonyl (C=O) groups is 1.